The lowest BCUT2D eigenvalue weighted by molar-refractivity contribution is 0.461. The normalized spacial score (nSPS) is 16.2. The van der Waals surface area contributed by atoms with Crippen molar-refractivity contribution in [3.63, 3.8) is 0 Å². The highest BCUT2D eigenvalue weighted by Gasteiger charge is 2.17. The number of aryl methyl sites for hydroxylation is 1. The Hall–Kier alpha value is -2.65. The number of nitrogens with one attached hydrogen (secondary N) is 1. The average molecular weight is 343 g/mol. The summed E-state index contributed by atoms with van der Waals surface area (Å²) in [7, 11) is 0. The number of nitrogens with two attached hydrogens (primary N) is 1. The van der Waals surface area contributed by atoms with Gasteiger partial charge in [0.15, 0.2) is 0 Å². The maximum Gasteiger partial charge on any atom is 0.124 e. The van der Waals surface area contributed by atoms with E-state index in [0.717, 1.165) is 30.6 Å². The number of fused-ring (bicyclic) bond motifs is 1. The van der Waals surface area contributed by atoms with E-state index in [1.165, 1.54) is 29.5 Å². The van der Waals surface area contributed by atoms with Crippen molar-refractivity contribution < 1.29 is 0 Å². The van der Waals surface area contributed by atoms with Crippen LogP contribution in [0.2, 0.25) is 0 Å². The molecule has 0 amide bonds. The van der Waals surface area contributed by atoms with Crippen molar-refractivity contribution in [2.45, 2.75) is 31.7 Å². The summed E-state index contributed by atoms with van der Waals surface area (Å²) in [6.45, 7) is 1.02. The molecule has 1 aliphatic carbocycles. The van der Waals surface area contributed by atoms with Crippen molar-refractivity contribution >= 4 is 5.82 Å². The van der Waals surface area contributed by atoms with Crippen LogP contribution in [0.5, 0.6) is 0 Å². The van der Waals surface area contributed by atoms with Gasteiger partial charge in [-0.15, -0.1) is 0 Å². The minimum atomic E-state index is 0.560. The van der Waals surface area contributed by atoms with E-state index in [1.807, 2.05) is 18.2 Å². The Morgan fingerprint density at radius 1 is 0.923 bits per heavy atom. The Kier molecular flexibility index (Phi) is 4.98. The lowest BCUT2D eigenvalue weighted by Gasteiger charge is -2.25. The first-order chi connectivity index (χ1) is 12.8. The van der Waals surface area contributed by atoms with Crippen LogP contribution in [0, 0.1) is 0 Å². The summed E-state index contributed by atoms with van der Waals surface area (Å²) < 4.78 is 0. The molecule has 3 nitrogen and oxygen atoms in total. The molecular weight excluding hydrogens is 318 g/mol. The molecule has 0 radical (unpaired) electrons. The minimum Gasteiger partial charge on any atom is -0.384 e. The fourth-order valence-electron chi connectivity index (χ4n) is 3.75. The highest BCUT2D eigenvalue weighted by molar-refractivity contribution is 5.61. The predicted molar refractivity (Wildman–Crippen MR) is 108 cm³/mol. The van der Waals surface area contributed by atoms with E-state index >= 15 is 0 Å². The van der Waals surface area contributed by atoms with Gasteiger partial charge < -0.3 is 11.1 Å². The Bertz CT molecular complexity index is 871. The summed E-state index contributed by atoms with van der Waals surface area (Å²) in [6.07, 6.45) is 4.62. The van der Waals surface area contributed by atoms with Crippen LogP contribution in [-0.4, -0.2) is 17.6 Å². The fourth-order valence-corrected chi connectivity index (χ4v) is 3.75. The third-order valence-electron chi connectivity index (χ3n) is 5.21. The van der Waals surface area contributed by atoms with Gasteiger partial charge in [-0.25, -0.2) is 4.98 Å². The maximum absolute atomic E-state index is 5.77. The molecule has 1 atom stereocenters. The SMILES string of the molecule is Nc1cccc(-c2ccc(CCNC3CCc4ccccc4C3)cc2)n1. The molecule has 0 spiro atoms. The van der Waals surface area contributed by atoms with Gasteiger partial charge >= 0.3 is 0 Å². The van der Waals surface area contributed by atoms with Crippen LogP contribution in [0.4, 0.5) is 5.82 Å². The first-order valence-electron chi connectivity index (χ1n) is 9.40. The number of nitrogens with zero attached hydrogens (tertiary/aromatic N) is 1. The van der Waals surface area contributed by atoms with Crippen LogP contribution in [0.15, 0.2) is 66.7 Å². The van der Waals surface area contributed by atoms with E-state index in [4.69, 9.17) is 5.73 Å². The molecule has 26 heavy (non-hydrogen) atoms. The number of anilines is 1. The number of aromatic nitrogens is 1. The summed E-state index contributed by atoms with van der Waals surface area (Å²) in [6, 6.07) is 23.8. The molecule has 0 saturated heterocycles. The molecule has 1 heterocycles. The zero-order valence-corrected chi connectivity index (χ0v) is 15.0. The molecule has 132 valence electrons. The molecule has 0 saturated carbocycles. The smallest absolute Gasteiger partial charge is 0.124 e. The van der Waals surface area contributed by atoms with E-state index < -0.39 is 0 Å². The van der Waals surface area contributed by atoms with Crippen molar-refractivity contribution in [3.05, 3.63) is 83.4 Å². The molecule has 4 rings (SSSR count). The van der Waals surface area contributed by atoms with E-state index in [0.29, 0.717) is 11.9 Å². The van der Waals surface area contributed by atoms with E-state index in [-0.39, 0.29) is 0 Å². The summed E-state index contributed by atoms with van der Waals surface area (Å²) >= 11 is 0. The van der Waals surface area contributed by atoms with Crippen molar-refractivity contribution in [1.82, 2.24) is 10.3 Å². The molecule has 0 fully saturated rings. The summed E-state index contributed by atoms with van der Waals surface area (Å²) in [5.74, 6) is 0.560. The van der Waals surface area contributed by atoms with Gasteiger partial charge in [0.1, 0.15) is 5.82 Å². The summed E-state index contributed by atoms with van der Waals surface area (Å²) in [5, 5.41) is 3.74. The number of benzene rings is 2. The number of nitrogen functional groups attached to an aromatic ring is 1. The second-order valence-corrected chi connectivity index (χ2v) is 7.06. The lowest BCUT2D eigenvalue weighted by atomic mass is 9.88. The van der Waals surface area contributed by atoms with Gasteiger partial charge in [0, 0.05) is 11.6 Å². The predicted octanol–water partition coefficient (Wildman–Crippen LogP) is 4.02. The Balaban J connectivity index is 1.30. The molecule has 0 bridgehead atoms. The van der Waals surface area contributed by atoms with Gasteiger partial charge in [-0.3, -0.25) is 0 Å². The highest BCUT2D eigenvalue weighted by Crippen LogP contribution is 2.21. The molecule has 3 N–H and O–H groups in total. The molecule has 1 unspecified atom stereocenters. The molecule has 0 aliphatic heterocycles. The second kappa shape index (κ2) is 7.71. The average Bonchev–Trinajstić information content (AvgIpc) is 2.68. The maximum atomic E-state index is 5.77. The van der Waals surface area contributed by atoms with Gasteiger partial charge in [-0.1, -0.05) is 54.6 Å². The third kappa shape index (κ3) is 3.94. The van der Waals surface area contributed by atoms with Gasteiger partial charge in [-0.05, 0) is 61.1 Å². The summed E-state index contributed by atoms with van der Waals surface area (Å²) in [4.78, 5) is 4.38. The number of pyridine rings is 1. The van der Waals surface area contributed by atoms with Crippen LogP contribution in [0.25, 0.3) is 11.3 Å². The summed E-state index contributed by atoms with van der Waals surface area (Å²) in [5.41, 5.74) is 12.2. The molecule has 2 aromatic carbocycles. The number of hydrogen-bond acceptors (Lipinski definition) is 3. The quantitative estimate of drug-likeness (QED) is 0.736. The molecule has 1 aromatic heterocycles. The molecule has 1 aliphatic rings. The fraction of sp³-hybridized carbons (Fsp3) is 0.261. The first-order valence-corrected chi connectivity index (χ1v) is 9.40. The second-order valence-electron chi connectivity index (χ2n) is 7.06. The monoisotopic (exact) mass is 343 g/mol. The first kappa shape index (κ1) is 16.8. The van der Waals surface area contributed by atoms with Crippen LogP contribution in [0.3, 0.4) is 0 Å². The zero-order valence-electron chi connectivity index (χ0n) is 15.0. The van der Waals surface area contributed by atoms with Crippen LogP contribution < -0.4 is 11.1 Å². The van der Waals surface area contributed by atoms with Gasteiger partial charge in [0.2, 0.25) is 0 Å². The Morgan fingerprint density at radius 3 is 2.54 bits per heavy atom. The largest absolute Gasteiger partial charge is 0.384 e. The van der Waals surface area contributed by atoms with Gasteiger partial charge in [-0.2, -0.15) is 0 Å². The van der Waals surface area contributed by atoms with Crippen molar-refractivity contribution in [2.75, 3.05) is 12.3 Å². The molecule has 3 heteroatoms. The van der Waals surface area contributed by atoms with Crippen molar-refractivity contribution in [3.8, 4) is 11.3 Å². The number of hydrogen-bond donors (Lipinski definition) is 2. The zero-order chi connectivity index (χ0) is 17.8. The molecule has 3 aromatic rings. The third-order valence-corrected chi connectivity index (χ3v) is 5.21. The topological polar surface area (TPSA) is 50.9 Å². The standard InChI is InChI=1S/C23H25N3/c24-23-7-3-6-22(26-23)19-10-8-17(9-11-19)14-15-25-21-13-12-18-4-1-2-5-20(18)16-21/h1-11,21,25H,12-16H2,(H2,24,26). The van der Waals surface area contributed by atoms with E-state index in [9.17, 15) is 0 Å². The van der Waals surface area contributed by atoms with Crippen LogP contribution in [0.1, 0.15) is 23.1 Å². The van der Waals surface area contributed by atoms with Gasteiger partial charge in [0.25, 0.3) is 0 Å². The van der Waals surface area contributed by atoms with Crippen LogP contribution in [-0.2, 0) is 19.3 Å². The lowest BCUT2D eigenvalue weighted by Crippen LogP contribution is -2.35. The van der Waals surface area contributed by atoms with Gasteiger partial charge in [0.05, 0.1) is 5.69 Å². The minimum absolute atomic E-state index is 0.560. The highest BCUT2D eigenvalue weighted by atomic mass is 14.9. The Labute approximate surface area is 155 Å². The van der Waals surface area contributed by atoms with Crippen LogP contribution >= 0.6 is 0 Å². The van der Waals surface area contributed by atoms with Crippen molar-refractivity contribution in [2.24, 2.45) is 0 Å². The Morgan fingerprint density at radius 2 is 1.73 bits per heavy atom. The van der Waals surface area contributed by atoms with E-state index in [2.05, 4.69) is 58.8 Å². The van der Waals surface area contributed by atoms with E-state index in [1.54, 1.807) is 0 Å². The number of rotatable bonds is 5. The molecular formula is C23H25N3. The van der Waals surface area contributed by atoms with Crippen molar-refractivity contribution in [1.29, 1.82) is 0 Å².